The van der Waals surface area contributed by atoms with Crippen molar-refractivity contribution < 1.29 is 58.2 Å². The van der Waals surface area contributed by atoms with Crippen LogP contribution in [0.15, 0.2) is 85.1 Å². The SMILES string of the molecule is CC/C=C\C/C=C\C/C=C\C/C=C\C/C=C\CC(=O)OCC(COC1OC(C(=O)O)C(O)C(O)C1OC(=O)CCCCCCCCCCC/C=C\CCCCCCCC)OC(=O)CCCCCCC/C=C\CCCC. The molecule has 0 aliphatic carbocycles. The lowest BCUT2D eigenvalue weighted by molar-refractivity contribution is -0.301. The Morgan fingerprint density at radius 3 is 1.37 bits per heavy atom. The lowest BCUT2D eigenvalue weighted by Crippen LogP contribution is -2.61. The van der Waals surface area contributed by atoms with Crippen molar-refractivity contribution in [2.45, 2.75) is 276 Å². The van der Waals surface area contributed by atoms with E-state index >= 15 is 0 Å². The first kappa shape index (κ1) is 68.9. The second kappa shape index (κ2) is 50.7. The minimum Gasteiger partial charge on any atom is -0.479 e. The van der Waals surface area contributed by atoms with Gasteiger partial charge in [-0.25, -0.2) is 4.79 Å². The van der Waals surface area contributed by atoms with Gasteiger partial charge in [-0.2, -0.15) is 0 Å². The van der Waals surface area contributed by atoms with Crippen LogP contribution in [0.5, 0.6) is 0 Å². The highest BCUT2D eigenvalue weighted by Gasteiger charge is 2.50. The van der Waals surface area contributed by atoms with E-state index in [1.165, 1.54) is 83.5 Å². The van der Waals surface area contributed by atoms with Crippen LogP contribution in [0.1, 0.15) is 239 Å². The summed E-state index contributed by atoms with van der Waals surface area (Å²) >= 11 is 0. The number of ether oxygens (including phenoxy) is 5. The van der Waals surface area contributed by atoms with Crippen molar-refractivity contribution in [1.29, 1.82) is 0 Å². The average Bonchev–Trinajstić information content (AvgIpc) is 3.39. The van der Waals surface area contributed by atoms with Gasteiger partial charge >= 0.3 is 23.9 Å². The van der Waals surface area contributed by atoms with Crippen molar-refractivity contribution in [3.63, 3.8) is 0 Å². The fourth-order valence-electron chi connectivity index (χ4n) is 8.42. The molecule has 6 atom stereocenters. The summed E-state index contributed by atoms with van der Waals surface area (Å²) in [6.07, 6.45) is 53.0. The zero-order valence-corrected chi connectivity index (χ0v) is 47.0. The van der Waals surface area contributed by atoms with E-state index in [9.17, 15) is 34.5 Å². The highest BCUT2D eigenvalue weighted by Crippen LogP contribution is 2.26. The van der Waals surface area contributed by atoms with Gasteiger partial charge in [-0.15, -0.1) is 0 Å². The summed E-state index contributed by atoms with van der Waals surface area (Å²) in [5, 5.41) is 31.5. The molecule has 1 saturated heterocycles. The zero-order chi connectivity index (χ0) is 54.7. The van der Waals surface area contributed by atoms with E-state index in [2.05, 4.69) is 87.6 Å². The highest BCUT2D eigenvalue weighted by molar-refractivity contribution is 5.74. The number of carbonyl (C=O) groups excluding carboxylic acids is 3. The summed E-state index contributed by atoms with van der Waals surface area (Å²) in [6.45, 7) is 5.73. The first-order valence-electron chi connectivity index (χ1n) is 29.6. The third-order valence-electron chi connectivity index (χ3n) is 13.0. The number of hydrogen-bond acceptors (Lipinski definition) is 11. The quantitative estimate of drug-likeness (QED) is 0.0228. The van der Waals surface area contributed by atoms with Crippen molar-refractivity contribution in [3.05, 3.63) is 85.1 Å². The number of unbranched alkanes of at least 4 members (excludes halogenated alkanes) is 22. The van der Waals surface area contributed by atoms with Crippen LogP contribution in [0.4, 0.5) is 0 Å². The fourth-order valence-corrected chi connectivity index (χ4v) is 8.42. The van der Waals surface area contributed by atoms with Crippen LogP contribution in [-0.2, 0) is 42.9 Å². The first-order chi connectivity index (χ1) is 36.6. The molecular weight excluding hydrogens is 949 g/mol. The van der Waals surface area contributed by atoms with Crippen LogP contribution in [0, 0.1) is 0 Å². The maximum atomic E-state index is 13.1. The van der Waals surface area contributed by atoms with Gasteiger partial charge in [0.2, 0.25) is 0 Å². The summed E-state index contributed by atoms with van der Waals surface area (Å²) in [7, 11) is 0. The molecule has 0 bridgehead atoms. The number of aliphatic hydroxyl groups excluding tert-OH is 2. The number of carbonyl (C=O) groups is 4. The van der Waals surface area contributed by atoms with Gasteiger partial charge in [0.25, 0.3) is 0 Å². The van der Waals surface area contributed by atoms with Crippen LogP contribution < -0.4 is 0 Å². The molecule has 3 N–H and O–H groups in total. The molecule has 0 radical (unpaired) electrons. The van der Waals surface area contributed by atoms with Crippen LogP contribution >= 0.6 is 0 Å². The summed E-state index contributed by atoms with van der Waals surface area (Å²) in [6, 6.07) is 0. The van der Waals surface area contributed by atoms with E-state index < -0.39 is 67.3 Å². The Labute approximate surface area is 454 Å². The van der Waals surface area contributed by atoms with Gasteiger partial charge in [0, 0.05) is 12.8 Å². The summed E-state index contributed by atoms with van der Waals surface area (Å²) < 4.78 is 28.3. The molecule has 0 aromatic carbocycles. The van der Waals surface area contributed by atoms with E-state index in [-0.39, 0.29) is 25.9 Å². The molecule has 0 aromatic heterocycles. The molecule has 428 valence electrons. The lowest BCUT2D eigenvalue weighted by Gasteiger charge is -2.40. The number of rotatable bonds is 49. The molecule has 0 aromatic rings. The van der Waals surface area contributed by atoms with E-state index in [4.69, 9.17) is 23.7 Å². The molecule has 1 fully saturated rings. The molecule has 1 rings (SSSR count). The van der Waals surface area contributed by atoms with E-state index in [1.54, 1.807) is 6.08 Å². The lowest BCUT2D eigenvalue weighted by atomic mass is 9.98. The number of aliphatic hydroxyl groups is 2. The van der Waals surface area contributed by atoms with Gasteiger partial charge in [0.15, 0.2) is 24.6 Å². The predicted molar refractivity (Wildman–Crippen MR) is 303 cm³/mol. The van der Waals surface area contributed by atoms with E-state index in [1.807, 2.05) is 12.2 Å². The van der Waals surface area contributed by atoms with Gasteiger partial charge in [0.1, 0.15) is 18.8 Å². The number of allylic oxidation sites excluding steroid dienone is 13. The standard InChI is InChI=1S/C63H104O12/c1-4-7-10-13-16-19-22-24-26-27-28-29-31-33-36-39-42-45-48-51-57(66)74-61-59(68)58(67)60(62(69)70)75-63(61)72-53-54(73-56(65)50-47-44-41-38-34-21-18-15-12-9-6-3)52-71-55(64)49-46-43-40-37-35-32-30-25-23-20-17-14-11-8-5-2/h8,11,15,17-18,20,24-26,30,35,37,43,46,54,58-61,63,67-68H,4-7,9-10,12-14,16,19,21-23,27-29,31-34,36,38-42,44-45,47-53H2,1-3H3,(H,69,70)/b11-8-,18-15-,20-17-,26-24-,30-25-,37-35-,46-43-. The van der Waals surface area contributed by atoms with Gasteiger partial charge in [-0.1, -0.05) is 215 Å². The smallest absolute Gasteiger partial charge is 0.335 e. The van der Waals surface area contributed by atoms with E-state index in [0.29, 0.717) is 19.3 Å². The monoisotopic (exact) mass is 1050 g/mol. The Balaban J connectivity index is 2.70. The van der Waals surface area contributed by atoms with Gasteiger partial charge < -0.3 is 39.0 Å². The average molecular weight is 1050 g/mol. The van der Waals surface area contributed by atoms with Crippen molar-refractivity contribution in [1.82, 2.24) is 0 Å². The third kappa shape index (κ3) is 40.8. The second-order valence-corrected chi connectivity index (χ2v) is 19.9. The van der Waals surface area contributed by atoms with Crippen molar-refractivity contribution in [3.8, 4) is 0 Å². The van der Waals surface area contributed by atoms with Crippen LogP contribution in [0.25, 0.3) is 0 Å². The number of carboxylic acids is 1. The molecule has 1 aliphatic rings. The van der Waals surface area contributed by atoms with Crippen LogP contribution in [-0.4, -0.2) is 89.2 Å². The summed E-state index contributed by atoms with van der Waals surface area (Å²) in [5.41, 5.74) is 0. The van der Waals surface area contributed by atoms with Crippen molar-refractivity contribution >= 4 is 23.9 Å². The predicted octanol–water partition coefficient (Wildman–Crippen LogP) is 15.1. The summed E-state index contributed by atoms with van der Waals surface area (Å²) in [5.74, 6) is -3.30. The zero-order valence-electron chi connectivity index (χ0n) is 47.0. The van der Waals surface area contributed by atoms with Gasteiger partial charge in [-0.05, 0) is 89.9 Å². The minimum absolute atomic E-state index is 0.0185. The van der Waals surface area contributed by atoms with Crippen LogP contribution in [0.2, 0.25) is 0 Å². The largest absolute Gasteiger partial charge is 0.479 e. The number of carboxylic acid groups (broad SMARTS) is 1. The topological polar surface area (TPSA) is 175 Å². The van der Waals surface area contributed by atoms with E-state index in [0.717, 1.165) is 96.3 Å². The maximum absolute atomic E-state index is 13.1. The molecule has 0 amide bonds. The number of hydrogen-bond donors (Lipinski definition) is 3. The molecule has 0 spiro atoms. The molecular formula is C63H104O12. The molecule has 12 nitrogen and oxygen atoms in total. The third-order valence-corrected chi connectivity index (χ3v) is 13.0. The van der Waals surface area contributed by atoms with Crippen LogP contribution in [0.3, 0.4) is 0 Å². The van der Waals surface area contributed by atoms with Crippen molar-refractivity contribution in [2.24, 2.45) is 0 Å². The minimum atomic E-state index is -1.92. The van der Waals surface area contributed by atoms with Crippen molar-refractivity contribution in [2.75, 3.05) is 13.2 Å². The van der Waals surface area contributed by atoms with Gasteiger partial charge in [-0.3, -0.25) is 14.4 Å². The Bertz CT molecular complexity index is 1630. The molecule has 12 heteroatoms. The number of aliphatic carboxylic acids is 1. The first-order valence-corrected chi connectivity index (χ1v) is 29.6. The maximum Gasteiger partial charge on any atom is 0.335 e. The molecule has 1 aliphatic heterocycles. The second-order valence-electron chi connectivity index (χ2n) is 19.9. The molecule has 0 saturated carbocycles. The highest BCUT2D eigenvalue weighted by atomic mass is 16.7. The molecule has 1 heterocycles. The summed E-state index contributed by atoms with van der Waals surface area (Å²) in [4.78, 5) is 51.0. The van der Waals surface area contributed by atoms with Gasteiger partial charge in [0.05, 0.1) is 13.0 Å². The Morgan fingerprint density at radius 2 is 0.893 bits per heavy atom. The molecule has 6 unspecified atom stereocenters. The molecule has 75 heavy (non-hydrogen) atoms. The Hall–Kier alpha value is -4.10. The normalized spacial score (nSPS) is 18.8. The Kier molecular flexibility index (Phi) is 46.6. The Morgan fingerprint density at radius 1 is 0.467 bits per heavy atom. The number of esters is 3. The fraction of sp³-hybridized carbons (Fsp3) is 0.714.